The fourth-order valence-corrected chi connectivity index (χ4v) is 2.08. The first-order valence-corrected chi connectivity index (χ1v) is 5.71. The summed E-state index contributed by atoms with van der Waals surface area (Å²) in [5, 5.41) is 9.63. The summed E-state index contributed by atoms with van der Waals surface area (Å²) in [6.07, 6.45) is 3.50. The zero-order chi connectivity index (χ0) is 12.7. The zero-order valence-corrected chi connectivity index (χ0v) is 10.1. The summed E-state index contributed by atoms with van der Waals surface area (Å²) in [4.78, 5) is 9.75. The van der Waals surface area contributed by atoms with Crippen molar-refractivity contribution in [2.24, 2.45) is 4.99 Å². The minimum atomic E-state index is 0.0123. The van der Waals surface area contributed by atoms with Crippen LogP contribution in [0.3, 0.4) is 0 Å². The lowest BCUT2D eigenvalue weighted by Crippen LogP contribution is -1.87. The second-order valence-electron chi connectivity index (χ2n) is 3.98. The molecule has 5 nitrogen and oxygen atoms in total. The molecular formula is C12H10N4OS. The molecule has 0 radical (unpaired) electrons. The molecule has 1 aromatic carbocycles. The Morgan fingerprint density at radius 1 is 1.33 bits per heavy atom. The van der Waals surface area contributed by atoms with Gasteiger partial charge in [0.2, 0.25) is 5.88 Å². The van der Waals surface area contributed by atoms with Crippen LogP contribution < -0.4 is 5.73 Å². The van der Waals surface area contributed by atoms with Gasteiger partial charge in [-0.2, -0.15) is 0 Å². The van der Waals surface area contributed by atoms with Crippen molar-refractivity contribution in [3.05, 3.63) is 34.2 Å². The number of aromatic nitrogens is 2. The summed E-state index contributed by atoms with van der Waals surface area (Å²) >= 11 is 4.91. The fourth-order valence-electron chi connectivity index (χ4n) is 1.87. The number of allylic oxidation sites excluding steroid dienone is 1. The SMILES string of the molecule is Nc1ccc2c(c1)/C(=C/c1[nH]c(=S)[nH]c1O)C=N2. The molecule has 0 bridgehead atoms. The molecule has 90 valence electrons. The van der Waals surface area contributed by atoms with Gasteiger partial charge >= 0.3 is 0 Å². The number of nitrogens with zero attached hydrogens (tertiary/aromatic N) is 1. The quantitative estimate of drug-likeness (QED) is 0.468. The second kappa shape index (κ2) is 3.85. The van der Waals surface area contributed by atoms with E-state index in [9.17, 15) is 5.11 Å². The third kappa shape index (κ3) is 1.72. The Morgan fingerprint density at radius 3 is 2.89 bits per heavy atom. The van der Waals surface area contributed by atoms with Gasteiger partial charge < -0.3 is 20.8 Å². The summed E-state index contributed by atoms with van der Waals surface area (Å²) in [6.45, 7) is 0. The Morgan fingerprint density at radius 2 is 2.17 bits per heavy atom. The monoisotopic (exact) mass is 258 g/mol. The van der Waals surface area contributed by atoms with Gasteiger partial charge in [0.15, 0.2) is 4.77 Å². The first-order chi connectivity index (χ1) is 8.63. The Kier molecular flexibility index (Phi) is 2.31. The molecule has 3 rings (SSSR count). The molecule has 0 unspecified atom stereocenters. The van der Waals surface area contributed by atoms with Crippen LogP contribution in [0.15, 0.2) is 23.2 Å². The number of nitrogen functional groups attached to an aromatic ring is 1. The molecule has 18 heavy (non-hydrogen) atoms. The molecule has 5 N–H and O–H groups in total. The summed E-state index contributed by atoms with van der Waals surface area (Å²) < 4.78 is 0.377. The maximum atomic E-state index is 9.63. The third-order valence-electron chi connectivity index (χ3n) is 2.71. The van der Waals surface area contributed by atoms with Crippen molar-refractivity contribution in [1.82, 2.24) is 9.97 Å². The lowest BCUT2D eigenvalue weighted by atomic mass is 10.1. The average Bonchev–Trinajstić information content (AvgIpc) is 2.84. The van der Waals surface area contributed by atoms with Crippen LogP contribution in [0.4, 0.5) is 11.4 Å². The van der Waals surface area contributed by atoms with Gasteiger partial charge in [0, 0.05) is 23.0 Å². The molecule has 0 amide bonds. The lowest BCUT2D eigenvalue weighted by Gasteiger charge is -2.00. The van der Waals surface area contributed by atoms with Crippen molar-refractivity contribution in [2.75, 3.05) is 5.73 Å². The van der Waals surface area contributed by atoms with Crippen molar-refractivity contribution in [2.45, 2.75) is 0 Å². The number of aromatic hydroxyl groups is 1. The molecule has 0 spiro atoms. The molecule has 2 heterocycles. The molecule has 2 aromatic rings. The zero-order valence-electron chi connectivity index (χ0n) is 9.27. The number of nitrogens with one attached hydrogen (secondary N) is 2. The Labute approximate surface area is 108 Å². The van der Waals surface area contributed by atoms with Crippen molar-refractivity contribution in [3.8, 4) is 5.88 Å². The van der Waals surface area contributed by atoms with Crippen LogP contribution in [0, 0.1) is 4.77 Å². The third-order valence-corrected chi connectivity index (χ3v) is 2.91. The predicted molar refractivity (Wildman–Crippen MR) is 74.5 cm³/mol. The minimum Gasteiger partial charge on any atom is -0.493 e. The number of hydrogen-bond donors (Lipinski definition) is 4. The maximum Gasteiger partial charge on any atom is 0.215 e. The van der Waals surface area contributed by atoms with Crippen molar-refractivity contribution in [1.29, 1.82) is 0 Å². The molecule has 1 aliphatic rings. The molecule has 0 atom stereocenters. The fraction of sp³-hybridized carbons (Fsp3) is 0. The first-order valence-electron chi connectivity index (χ1n) is 5.30. The Bertz CT molecular complexity index is 739. The van der Waals surface area contributed by atoms with Crippen LogP contribution in [0.25, 0.3) is 11.6 Å². The van der Waals surface area contributed by atoms with Gasteiger partial charge in [-0.25, -0.2) is 0 Å². The number of hydrogen-bond acceptors (Lipinski definition) is 4. The smallest absolute Gasteiger partial charge is 0.215 e. The predicted octanol–water partition coefficient (Wildman–Crippen LogP) is 2.62. The topological polar surface area (TPSA) is 90.2 Å². The van der Waals surface area contributed by atoms with Crippen molar-refractivity contribution >= 4 is 41.5 Å². The van der Waals surface area contributed by atoms with Gasteiger partial charge in [-0.05, 0) is 36.5 Å². The molecule has 1 aromatic heterocycles. The molecule has 0 aliphatic carbocycles. The van der Waals surface area contributed by atoms with Gasteiger partial charge in [-0.1, -0.05) is 0 Å². The van der Waals surface area contributed by atoms with Gasteiger partial charge in [0.1, 0.15) is 5.69 Å². The minimum absolute atomic E-state index is 0.0123. The Hall–Kier alpha value is -2.34. The summed E-state index contributed by atoms with van der Waals surface area (Å²) in [5.41, 5.74) is 9.64. The maximum absolute atomic E-state index is 9.63. The number of anilines is 1. The summed E-state index contributed by atoms with van der Waals surface area (Å²) in [6, 6.07) is 5.52. The summed E-state index contributed by atoms with van der Waals surface area (Å²) in [5.74, 6) is 0.0123. The first kappa shape index (κ1) is 10.8. The number of nitrogens with two attached hydrogens (primary N) is 1. The van der Waals surface area contributed by atoms with Crippen LogP contribution in [-0.2, 0) is 0 Å². The number of imidazole rings is 1. The molecule has 0 saturated carbocycles. The van der Waals surface area contributed by atoms with E-state index in [-0.39, 0.29) is 5.88 Å². The second-order valence-corrected chi connectivity index (χ2v) is 4.38. The molecular weight excluding hydrogens is 248 g/mol. The van der Waals surface area contributed by atoms with E-state index in [0.717, 1.165) is 16.8 Å². The Balaban J connectivity index is 2.11. The van der Waals surface area contributed by atoms with E-state index in [2.05, 4.69) is 15.0 Å². The number of H-pyrrole nitrogens is 2. The molecule has 1 aliphatic heterocycles. The van der Waals surface area contributed by atoms with E-state index in [0.29, 0.717) is 16.2 Å². The molecule has 6 heteroatoms. The van der Waals surface area contributed by atoms with Crippen LogP contribution in [0.1, 0.15) is 11.3 Å². The standard InChI is InChI=1S/C12H10N4OS/c13-7-1-2-9-8(4-7)6(5-14-9)3-10-11(17)16-12(18)15-10/h1-5,17H,13H2,(H2,15,16,18)/b6-3+. The number of fused-ring (bicyclic) bond motifs is 1. The van der Waals surface area contributed by atoms with E-state index < -0.39 is 0 Å². The number of benzene rings is 1. The van der Waals surface area contributed by atoms with E-state index in [4.69, 9.17) is 18.0 Å². The highest BCUT2D eigenvalue weighted by atomic mass is 32.1. The lowest BCUT2D eigenvalue weighted by molar-refractivity contribution is 0.455. The summed E-state index contributed by atoms with van der Waals surface area (Å²) in [7, 11) is 0. The van der Waals surface area contributed by atoms with Gasteiger partial charge in [-0.3, -0.25) is 4.99 Å². The van der Waals surface area contributed by atoms with Crippen LogP contribution in [-0.4, -0.2) is 21.3 Å². The van der Waals surface area contributed by atoms with Gasteiger partial charge in [0.25, 0.3) is 0 Å². The van der Waals surface area contributed by atoms with Crippen LogP contribution in [0.2, 0.25) is 0 Å². The highest BCUT2D eigenvalue weighted by Crippen LogP contribution is 2.34. The molecule has 0 saturated heterocycles. The van der Waals surface area contributed by atoms with E-state index in [1.165, 1.54) is 0 Å². The van der Waals surface area contributed by atoms with E-state index >= 15 is 0 Å². The average molecular weight is 258 g/mol. The van der Waals surface area contributed by atoms with Crippen LogP contribution in [0.5, 0.6) is 5.88 Å². The largest absolute Gasteiger partial charge is 0.493 e. The van der Waals surface area contributed by atoms with Gasteiger partial charge in [-0.15, -0.1) is 0 Å². The number of aliphatic imine (C=N–C) groups is 1. The number of rotatable bonds is 1. The normalized spacial score (nSPS) is 15.2. The van der Waals surface area contributed by atoms with Gasteiger partial charge in [0.05, 0.1) is 5.69 Å². The highest BCUT2D eigenvalue weighted by molar-refractivity contribution is 7.71. The highest BCUT2D eigenvalue weighted by Gasteiger charge is 2.13. The molecule has 0 fully saturated rings. The number of aromatic amines is 2. The van der Waals surface area contributed by atoms with Crippen molar-refractivity contribution < 1.29 is 5.11 Å². The van der Waals surface area contributed by atoms with E-state index in [1.54, 1.807) is 18.4 Å². The van der Waals surface area contributed by atoms with E-state index in [1.807, 2.05) is 12.1 Å². The van der Waals surface area contributed by atoms with Crippen molar-refractivity contribution in [3.63, 3.8) is 0 Å². The van der Waals surface area contributed by atoms with Crippen LogP contribution >= 0.6 is 12.2 Å².